The summed E-state index contributed by atoms with van der Waals surface area (Å²) in [5.74, 6) is 0.859. The highest BCUT2D eigenvalue weighted by atomic mass is 79.9. The number of rotatable bonds is 6. The van der Waals surface area contributed by atoms with Crippen molar-refractivity contribution in [3.63, 3.8) is 0 Å². The van der Waals surface area contributed by atoms with Crippen LogP contribution in [0.5, 0.6) is 5.75 Å². The van der Waals surface area contributed by atoms with Gasteiger partial charge in [0.15, 0.2) is 0 Å². The largest absolute Gasteiger partial charge is 0.497 e. The second-order valence-electron chi connectivity index (χ2n) is 4.43. The Bertz CT molecular complexity index is 426. The molecular formula is C14H19BrN2O. The molecule has 18 heavy (non-hydrogen) atoms. The molecule has 0 aliphatic rings. The molecular weight excluding hydrogens is 292 g/mol. The predicted octanol–water partition coefficient (Wildman–Crippen LogP) is 3.58. The van der Waals surface area contributed by atoms with Crippen molar-refractivity contribution < 1.29 is 4.74 Å². The number of nitriles is 1. The van der Waals surface area contributed by atoms with Gasteiger partial charge in [-0.15, -0.1) is 0 Å². The van der Waals surface area contributed by atoms with Crippen LogP contribution in [0.25, 0.3) is 0 Å². The first-order valence-corrected chi connectivity index (χ1v) is 6.81. The number of hydrogen-bond acceptors (Lipinski definition) is 3. The first kappa shape index (κ1) is 15.0. The maximum atomic E-state index is 8.69. The van der Waals surface area contributed by atoms with Crippen molar-refractivity contribution in [2.45, 2.75) is 32.9 Å². The molecule has 0 saturated carbocycles. The average Bonchev–Trinajstić information content (AvgIpc) is 2.36. The highest BCUT2D eigenvalue weighted by molar-refractivity contribution is 9.10. The minimum atomic E-state index is 0.413. The molecule has 1 aromatic carbocycles. The topological polar surface area (TPSA) is 36.3 Å². The molecule has 0 spiro atoms. The minimum Gasteiger partial charge on any atom is -0.497 e. The van der Waals surface area contributed by atoms with Crippen LogP contribution in [0, 0.1) is 11.3 Å². The summed E-state index contributed by atoms with van der Waals surface area (Å²) in [4.78, 5) is 2.28. The Labute approximate surface area is 117 Å². The van der Waals surface area contributed by atoms with E-state index in [1.54, 1.807) is 7.11 Å². The maximum Gasteiger partial charge on any atom is 0.119 e. The molecule has 98 valence electrons. The second-order valence-corrected chi connectivity index (χ2v) is 5.28. The molecule has 0 aliphatic heterocycles. The molecule has 3 nitrogen and oxygen atoms in total. The highest BCUT2D eigenvalue weighted by Crippen LogP contribution is 2.24. The quantitative estimate of drug-likeness (QED) is 0.805. The molecule has 0 heterocycles. The number of benzene rings is 1. The third-order valence-corrected chi connectivity index (χ3v) is 3.64. The van der Waals surface area contributed by atoms with Crippen molar-refractivity contribution in [3.05, 3.63) is 28.2 Å². The van der Waals surface area contributed by atoms with Gasteiger partial charge in [-0.1, -0.05) is 15.9 Å². The molecule has 1 rings (SSSR count). The Morgan fingerprint density at radius 1 is 1.44 bits per heavy atom. The van der Waals surface area contributed by atoms with Crippen molar-refractivity contribution in [3.8, 4) is 11.8 Å². The van der Waals surface area contributed by atoms with E-state index in [0.717, 1.165) is 23.3 Å². The molecule has 0 aliphatic carbocycles. The summed E-state index contributed by atoms with van der Waals surface area (Å²) >= 11 is 3.56. The standard InChI is InChI=1S/C14H19BrN2O/c1-11(2)17(8-4-7-16)10-12-9-13(18-3)5-6-14(12)15/h5-6,9,11H,4,8,10H2,1-3H3. The average molecular weight is 311 g/mol. The Hall–Kier alpha value is -1.05. The van der Waals surface area contributed by atoms with Gasteiger partial charge >= 0.3 is 0 Å². The van der Waals surface area contributed by atoms with Gasteiger partial charge in [-0.05, 0) is 37.6 Å². The van der Waals surface area contributed by atoms with E-state index in [1.165, 1.54) is 5.56 Å². The van der Waals surface area contributed by atoms with Gasteiger partial charge in [0.05, 0.1) is 13.2 Å². The summed E-state index contributed by atoms with van der Waals surface area (Å²) in [6, 6.07) is 8.57. The highest BCUT2D eigenvalue weighted by Gasteiger charge is 2.12. The van der Waals surface area contributed by atoms with Crippen molar-refractivity contribution in [1.82, 2.24) is 4.90 Å². The van der Waals surface area contributed by atoms with Crippen molar-refractivity contribution >= 4 is 15.9 Å². The third-order valence-electron chi connectivity index (χ3n) is 2.87. The lowest BCUT2D eigenvalue weighted by atomic mass is 10.1. The van der Waals surface area contributed by atoms with Crippen LogP contribution in [0.2, 0.25) is 0 Å². The van der Waals surface area contributed by atoms with Gasteiger partial charge < -0.3 is 4.74 Å². The molecule has 0 unspecified atom stereocenters. The monoisotopic (exact) mass is 310 g/mol. The van der Waals surface area contributed by atoms with Crippen LogP contribution in [0.15, 0.2) is 22.7 Å². The zero-order valence-corrected chi connectivity index (χ0v) is 12.7. The van der Waals surface area contributed by atoms with Crippen molar-refractivity contribution in [2.75, 3.05) is 13.7 Å². The zero-order chi connectivity index (χ0) is 13.5. The first-order valence-electron chi connectivity index (χ1n) is 6.02. The molecule has 0 radical (unpaired) electrons. The second kappa shape index (κ2) is 7.40. The van der Waals surface area contributed by atoms with E-state index in [1.807, 2.05) is 18.2 Å². The fourth-order valence-electron chi connectivity index (χ4n) is 1.73. The number of halogens is 1. The summed E-state index contributed by atoms with van der Waals surface area (Å²) in [6.07, 6.45) is 0.555. The van der Waals surface area contributed by atoms with Crippen LogP contribution in [0.4, 0.5) is 0 Å². The maximum absolute atomic E-state index is 8.69. The molecule has 0 bridgehead atoms. The van der Waals surface area contributed by atoms with E-state index in [-0.39, 0.29) is 0 Å². The fourth-order valence-corrected chi connectivity index (χ4v) is 2.10. The third kappa shape index (κ3) is 4.32. The van der Waals surface area contributed by atoms with Gasteiger partial charge in [-0.3, -0.25) is 4.90 Å². The van der Waals surface area contributed by atoms with Crippen LogP contribution in [0.3, 0.4) is 0 Å². The Morgan fingerprint density at radius 2 is 2.17 bits per heavy atom. The van der Waals surface area contributed by atoms with E-state index >= 15 is 0 Å². The summed E-state index contributed by atoms with van der Waals surface area (Å²) in [5.41, 5.74) is 1.18. The van der Waals surface area contributed by atoms with Gasteiger partial charge in [-0.25, -0.2) is 0 Å². The van der Waals surface area contributed by atoms with E-state index in [0.29, 0.717) is 12.5 Å². The van der Waals surface area contributed by atoms with E-state index in [4.69, 9.17) is 10.00 Å². The Kier molecular flexibility index (Phi) is 6.17. The lowest BCUT2D eigenvalue weighted by Crippen LogP contribution is -2.31. The summed E-state index contributed by atoms with van der Waals surface area (Å²) < 4.78 is 6.32. The number of ether oxygens (including phenoxy) is 1. The van der Waals surface area contributed by atoms with Gasteiger partial charge in [0, 0.05) is 30.0 Å². The number of hydrogen-bond donors (Lipinski definition) is 0. The first-order chi connectivity index (χ1) is 8.58. The molecule has 0 saturated heterocycles. The molecule has 0 fully saturated rings. The van der Waals surface area contributed by atoms with E-state index in [9.17, 15) is 0 Å². The van der Waals surface area contributed by atoms with Gasteiger partial charge in [0.25, 0.3) is 0 Å². The van der Waals surface area contributed by atoms with Crippen LogP contribution < -0.4 is 4.74 Å². The number of methoxy groups -OCH3 is 1. The normalized spacial score (nSPS) is 10.7. The van der Waals surface area contributed by atoms with Gasteiger partial charge in [-0.2, -0.15) is 5.26 Å². The molecule has 0 N–H and O–H groups in total. The van der Waals surface area contributed by atoms with Gasteiger partial charge in [0.2, 0.25) is 0 Å². The Balaban J connectivity index is 2.82. The Morgan fingerprint density at radius 3 is 2.72 bits per heavy atom. The lowest BCUT2D eigenvalue weighted by Gasteiger charge is -2.26. The van der Waals surface area contributed by atoms with Crippen molar-refractivity contribution in [2.24, 2.45) is 0 Å². The zero-order valence-electron chi connectivity index (χ0n) is 11.1. The molecule has 1 aromatic rings. The summed E-state index contributed by atoms with van der Waals surface area (Å²) in [5, 5.41) is 8.69. The molecule has 0 atom stereocenters. The molecule has 4 heteroatoms. The lowest BCUT2D eigenvalue weighted by molar-refractivity contribution is 0.217. The minimum absolute atomic E-state index is 0.413. The smallest absolute Gasteiger partial charge is 0.119 e. The van der Waals surface area contributed by atoms with Crippen LogP contribution in [-0.4, -0.2) is 24.6 Å². The van der Waals surface area contributed by atoms with Crippen molar-refractivity contribution in [1.29, 1.82) is 5.26 Å². The molecule has 0 aromatic heterocycles. The number of nitrogens with zero attached hydrogens (tertiary/aromatic N) is 2. The summed E-state index contributed by atoms with van der Waals surface area (Å²) in [7, 11) is 1.67. The van der Waals surface area contributed by atoms with Crippen LogP contribution in [0.1, 0.15) is 25.8 Å². The summed E-state index contributed by atoms with van der Waals surface area (Å²) in [6.45, 7) is 5.89. The van der Waals surface area contributed by atoms with Gasteiger partial charge in [0.1, 0.15) is 5.75 Å². The van der Waals surface area contributed by atoms with E-state index in [2.05, 4.69) is 40.7 Å². The van der Waals surface area contributed by atoms with E-state index < -0.39 is 0 Å². The van der Waals surface area contributed by atoms with Crippen LogP contribution in [-0.2, 0) is 6.54 Å². The predicted molar refractivity (Wildman–Crippen MR) is 76.5 cm³/mol. The SMILES string of the molecule is COc1ccc(Br)c(CN(CCC#N)C(C)C)c1. The molecule has 0 amide bonds. The van der Waals surface area contributed by atoms with Crippen LogP contribution >= 0.6 is 15.9 Å². The fraction of sp³-hybridized carbons (Fsp3) is 0.500.